The van der Waals surface area contributed by atoms with Crippen molar-refractivity contribution in [1.82, 2.24) is 14.5 Å². The van der Waals surface area contributed by atoms with E-state index in [1.807, 2.05) is 12.3 Å². The lowest BCUT2D eigenvalue weighted by atomic mass is 9.82. The number of para-hydroxylation sites is 1. The second-order valence-electron chi connectivity index (χ2n) is 14.6. The van der Waals surface area contributed by atoms with Crippen LogP contribution in [0.4, 0.5) is 0 Å². The molecule has 0 saturated carbocycles. The van der Waals surface area contributed by atoms with E-state index in [2.05, 4.69) is 135 Å². The van der Waals surface area contributed by atoms with Crippen molar-refractivity contribution in [3.63, 3.8) is 0 Å². The molecule has 2 aliphatic carbocycles. The van der Waals surface area contributed by atoms with Gasteiger partial charge in [0, 0.05) is 34.8 Å². The molecule has 0 bridgehead atoms. The van der Waals surface area contributed by atoms with E-state index in [-0.39, 0.29) is 5.41 Å². The van der Waals surface area contributed by atoms with Gasteiger partial charge in [-0.3, -0.25) is 9.55 Å². The molecule has 4 nitrogen and oxygen atoms in total. The fraction of sp³-hybridized carbons (Fsp3) is 0.209. The predicted octanol–water partition coefficient (Wildman–Crippen LogP) is 10.2. The Morgan fingerprint density at radius 3 is 2.17 bits per heavy atom. The van der Waals surface area contributed by atoms with Crippen LogP contribution in [-0.4, -0.2) is 14.5 Å². The Bertz CT molecular complexity index is 2320. The van der Waals surface area contributed by atoms with Crippen molar-refractivity contribution >= 4 is 21.8 Å². The zero-order valence-corrected chi connectivity index (χ0v) is 27.1. The van der Waals surface area contributed by atoms with Crippen LogP contribution in [0, 0.1) is 5.41 Å². The molecular formula is C43H37N3O. The molecule has 3 heterocycles. The molecule has 2 aliphatic rings. The summed E-state index contributed by atoms with van der Waals surface area (Å²) in [5.74, 6) is 2.49. The first-order chi connectivity index (χ1) is 22.8. The van der Waals surface area contributed by atoms with Crippen LogP contribution in [-0.2, 0) is 31.1 Å². The Hall–Kier alpha value is -5.22. The van der Waals surface area contributed by atoms with Crippen LogP contribution in [0.1, 0.15) is 48.6 Å². The van der Waals surface area contributed by atoms with Crippen LogP contribution < -0.4 is 4.74 Å². The molecular weight excluding hydrogens is 574 g/mol. The Labute approximate surface area is 275 Å². The highest BCUT2D eigenvalue weighted by Crippen LogP contribution is 2.47. The fourth-order valence-corrected chi connectivity index (χ4v) is 8.02. The van der Waals surface area contributed by atoms with Crippen LogP contribution in [0.25, 0.3) is 38.9 Å². The number of nitrogens with zero attached hydrogens (tertiary/aromatic N) is 3. The molecule has 0 amide bonds. The molecule has 4 heteroatoms. The number of benzene rings is 4. The van der Waals surface area contributed by atoms with Gasteiger partial charge in [0.2, 0.25) is 0 Å². The Morgan fingerprint density at radius 1 is 0.617 bits per heavy atom. The number of hydrogen-bond donors (Lipinski definition) is 0. The number of aromatic nitrogens is 3. The topological polar surface area (TPSA) is 39.9 Å². The molecule has 9 rings (SSSR count). The molecule has 4 aromatic carbocycles. The molecule has 230 valence electrons. The molecule has 0 atom stereocenters. The normalized spacial score (nSPS) is 15.0. The van der Waals surface area contributed by atoms with Gasteiger partial charge < -0.3 is 4.74 Å². The Kier molecular flexibility index (Phi) is 6.20. The SMILES string of the molecule is CC(C)(C)c1ccnc(-n2c3ccccc3c3ccc(Oc4cccc(-c5cc6c(cn5)CC5(Cc7ccccc7C5)C6)c4)cc32)c1. The van der Waals surface area contributed by atoms with E-state index in [1.165, 1.54) is 38.6 Å². The lowest BCUT2D eigenvalue weighted by Crippen LogP contribution is -2.21. The average molecular weight is 612 g/mol. The first kappa shape index (κ1) is 28.0. The maximum atomic E-state index is 6.56. The minimum absolute atomic E-state index is 0.0210. The highest BCUT2D eigenvalue weighted by molar-refractivity contribution is 6.09. The van der Waals surface area contributed by atoms with Gasteiger partial charge in [0.25, 0.3) is 0 Å². The molecule has 0 aliphatic heterocycles. The minimum Gasteiger partial charge on any atom is -0.457 e. The summed E-state index contributed by atoms with van der Waals surface area (Å²) in [5, 5.41) is 2.38. The Balaban J connectivity index is 1.03. The van der Waals surface area contributed by atoms with Crippen molar-refractivity contribution in [2.45, 2.75) is 51.9 Å². The molecule has 0 saturated heterocycles. The summed E-state index contributed by atoms with van der Waals surface area (Å²) in [6.07, 6.45) is 8.59. The third kappa shape index (κ3) is 4.82. The van der Waals surface area contributed by atoms with Crippen molar-refractivity contribution in [3.05, 3.63) is 149 Å². The second kappa shape index (κ2) is 10.4. The molecule has 3 aromatic heterocycles. The first-order valence-corrected chi connectivity index (χ1v) is 16.7. The first-order valence-electron chi connectivity index (χ1n) is 16.7. The van der Waals surface area contributed by atoms with E-state index in [4.69, 9.17) is 14.7 Å². The molecule has 47 heavy (non-hydrogen) atoms. The smallest absolute Gasteiger partial charge is 0.137 e. The van der Waals surface area contributed by atoms with Crippen molar-refractivity contribution < 1.29 is 4.74 Å². The van der Waals surface area contributed by atoms with E-state index in [1.54, 1.807) is 0 Å². The summed E-state index contributed by atoms with van der Waals surface area (Å²) in [7, 11) is 0. The van der Waals surface area contributed by atoms with Gasteiger partial charge in [0.05, 0.1) is 16.7 Å². The summed E-state index contributed by atoms with van der Waals surface area (Å²) >= 11 is 0. The number of rotatable bonds is 4. The zero-order valence-electron chi connectivity index (χ0n) is 27.1. The largest absolute Gasteiger partial charge is 0.457 e. The van der Waals surface area contributed by atoms with Gasteiger partial charge >= 0.3 is 0 Å². The van der Waals surface area contributed by atoms with Crippen LogP contribution in [0.15, 0.2) is 122 Å². The van der Waals surface area contributed by atoms with Crippen molar-refractivity contribution in [3.8, 4) is 28.6 Å². The van der Waals surface area contributed by atoms with E-state index >= 15 is 0 Å². The summed E-state index contributed by atoms with van der Waals surface area (Å²) in [6, 6.07) is 38.8. The van der Waals surface area contributed by atoms with Crippen molar-refractivity contribution in [2.75, 3.05) is 0 Å². The predicted molar refractivity (Wildman–Crippen MR) is 191 cm³/mol. The number of hydrogen-bond acceptors (Lipinski definition) is 3. The van der Waals surface area contributed by atoms with E-state index in [0.717, 1.165) is 65.3 Å². The third-order valence-electron chi connectivity index (χ3n) is 10.3. The van der Waals surface area contributed by atoms with E-state index in [9.17, 15) is 0 Å². The maximum absolute atomic E-state index is 6.56. The molecule has 1 spiro atoms. The van der Waals surface area contributed by atoms with Crippen molar-refractivity contribution in [1.29, 1.82) is 0 Å². The van der Waals surface area contributed by atoms with Crippen LogP contribution in [0.3, 0.4) is 0 Å². The number of ether oxygens (including phenoxy) is 1. The van der Waals surface area contributed by atoms with Gasteiger partial charge in [-0.1, -0.05) is 75.4 Å². The monoisotopic (exact) mass is 611 g/mol. The zero-order chi connectivity index (χ0) is 31.8. The molecule has 0 unspecified atom stereocenters. The van der Waals surface area contributed by atoms with Crippen LogP contribution >= 0.6 is 0 Å². The standard InChI is InChI=1S/C43H37N3O/c1-42(2,3)33-17-18-44-41(21-33)46-39-14-7-6-13-36(39)37-16-15-35(22-40(37)46)47-34-12-8-11-28(19-34)38-20-31-25-43(26-32(31)27-45-38)23-29-9-4-5-10-30(29)24-43/h4-22,27H,23-26H2,1-3H3. The van der Waals surface area contributed by atoms with E-state index in [0.29, 0.717) is 5.41 Å². The minimum atomic E-state index is 0.0210. The van der Waals surface area contributed by atoms with Crippen LogP contribution in [0.2, 0.25) is 0 Å². The molecule has 7 aromatic rings. The maximum Gasteiger partial charge on any atom is 0.137 e. The quantitative estimate of drug-likeness (QED) is 0.199. The number of fused-ring (bicyclic) bond motifs is 5. The van der Waals surface area contributed by atoms with Gasteiger partial charge in [-0.15, -0.1) is 0 Å². The van der Waals surface area contributed by atoms with Crippen LogP contribution in [0.5, 0.6) is 11.5 Å². The highest BCUT2D eigenvalue weighted by atomic mass is 16.5. The summed E-state index contributed by atoms with van der Waals surface area (Å²) < 4.78 is 8.81. The second-order valence-corrected chi connectivity index (χ2v) is 14.6. The number of pyridine rings is 2. The lowest BCUT2D eigenvalue weighted by Gasteiger charge is -2.21. The summed E-state index contributed by atoms with van der Waals surface area (Å²) in [6.45, 7) is 6.71. The highest BCUT2D eigenvalue weighted by Gasteiger charge is 2.42. The van der Waals surface area contributed by atoms with Gasteiger partial charge in [0.15, 0.2) is 0 Å². The molecule has 0 N–H and O–H groups in total. The summed E-state index contributed by atoms with van der Waals surface area (Å²) in [5.41, 5.74) is 11.7. The van der Waals surface area contributed by atoms with Gasteiger partial charge in [0.1, 0.15) is 17.3 Å². The lowest BCUT2D eigenvalue weighted by molar-refractivity contribution is 0.326. The third-order valence-corrected chi connectivity index (χ3v) is 10.3. The Morgan fingerprint density at radius 2 is 1.34 bits per heavy atom. The fourth-order valence-electron chi connectivity index (χ4n) is 8.02. The summed E-state index contributed by atoms with van der Waals surface area (Å²) in [4.78, 5) is 9.77. The van der Waals surface area contributed by atoms with Gasteiger partial charge in [-0.2, -0.15) is 0 Å². The van der Waals surface area contributed by atoms with E-state index < -0.39 is 0 Å². The van der Waals surface area contributed by atoms with Gasteiger partial charge in [-0.25, -0.2) is 4.98 Å². The van der Waals surface area contributed by atoms with Gasteiger partial charge in [-0.05, 0) is 113 Å². The molecule has 0 radical (unpaired) electrons. The average Bonchev–Trinajstić information content (AvgIpc) is 3.73. The van der Waals surface area contributed by atoms with Crippen molar-refractivity contribution in [2.24, 2.45) is 5.41 Å². The molecule has 0 fully saturated rings.